The molecule has 0 saturated heterocycles. The minimum Gasteiger partial charge on any atom is -0.456 e. The number of furan rings is 1. The molecule has 2 nitrogen and oxygen atoms in total. The van der Waals surface area contributed by atoms with Crippen molar-refractivity contribution in [2.45, 2.75) is 20.4 Å². The highest BCUT2D eigenvalue weighted by Crippen LogP contribution is 2.31. The average molecular weight is 251 g/mol. The highest BCUT2D eigenvalue weighted by atomic mass is 16.3. The Bertz CT molecular complexity index is 740. The van der Waals surface area contributed by atoms with Gasteiger partial charge in [-0.05, 0) is 43.7 Å². The highest BCUT2D eigenvalue weighted by Gasteiger charge is 2.10. The predicted octanol–water partition coefficient (Wildman–Crippen LogP) is 4.18. The van der Waals surface area contributed by atoms with E-state index in [1.54, 1.807) is 0 Å². The van der Waals surface area contributed by atoms with Gasteiger partial charge < -0.3 is 10.2 Å². The van der Waals surface area contributed by atoms with Crippen LogP contribution in [0, 0.1) is 13.8 Å². The van der Waals surface area contributed by atoms with Gasteiger partial charge in [0, 0.05) is 17.5 Å². The van der Waals surface area contributed by atoms with E-state index in [0.717, 1.165) is 27.9 Å². The maximum atomic E-state index is 5.95. The van der Waals surface area contributed by atoms with Gasteiger partial charge in [-0.3, -0.25) is 0 Å². The van der Waals surface area contributed by atoms with E-state index in [4.69, 9.17) is 10.2 Å². The highest BCUT2D eigenvalue weighted by molar-refractivity contribution is 5.84. The molecule has 0 spiro atoms. The van der Waals surface area contributed by atoms with E-state index in [0.29, 0.717) is 6.54 Å². The molecule has 2 aromatic carbocycles. The van der Waals surface area contributed by atoms with E-state index in [1.807, 2.05) is 6.07 Å². The molecule has 0 radical (unpaired) electrons. The molecule has 2 heteroatoms. The Morgan fingerprint density at radius 2 is 1.68 bits per heavy atom. The Balaban J connectivity index is 2.21. The van der Waals surface area contributed by atoms with Crippen LogP contribution in [0.2, 0.25) is 0 Å². The number of nitrogens with two attached hydrogens (primary N) is 1. The van der Waals surface area contributed by atoms with Crippen molar-refractivity contribution >= 4 is 11.0 Å². The summed E-state index contributed by atoms with van der Waals surface area (Å²) in [7, 11) is 0. The van der Waals surface area contributed by atoms with E-state index < -0.39 is 0 Å². The first kappa shape index (κ1) is 12.0. The average Bonchev–Trinajstić information content (AvgIpc) is 2.81. The van der Waals surface area contributed by atoms with Crippen LogP contribution in [0.3, 0.4) is 0 Å². The third kappa shape index (κ3) is 2.15. The molecule has 19 heavy (non-hydrogen) atoms. The lowest BCUT2D eigenvalue weighted by atomic mass is 10.0. The normalized spacial score (nSPS) is 11.1. The van der Waals surface area contributed by atoms with Crippen molar-refractivity contribution < 1.29 is 4.42 Å². The third-order valence-corrected chi connectivity index (χ3v) is 3.42. The van der Waals surface area contributed by atoms with E-state index >= 15 is 0 Å². The first-order chi connectivity index (χ1) is 9.17. The summed E-state index contributed by atoms with van der Waals surface area (Å²) in [6, 6.07) is 14.6. The first-order valence-corrected chi connectivity index (χ1v) is 6.47. The summed E-state index contributed by atoms with van der Waals surface area (Å²) >= 11 is 0. The Morgan fingerprint density at radius 1 is 0.947 bits per heavy atom. The molecule has 0 saturated carbocycles. The maximum absolute atomic E-state index is 5.95. The van der Waals surface area contributed by atoms with Gasteiger partial charge in [-0.2, -0.15) is 0 Å². The van der Waals surface area contributed by atoms with E-state index in [2.05, 4.69) is 50.2 Å². The van der Waals surface area contributed by atoms with Crippen LogP contribution in [0.25, 0.3) is 22.3 Å². The van der Waals surface area contributed by atoms with Gasteiger partial charge in [0.15, 0.2) is 0 Å². The second kappa shape index (κ2) is 4.56. The van der Waals surface area contributed by atoms with Crippen molar-refractivity contribution in [2.75, 3.05) is 0 Å². The van der Waals surface area contributed by atoms with E-state index in [-0.39, 0.29) is 0 Å². The standard InChI is InChI=1S/C17H17NO/c1-11-4-6-16-14(7-11)9-17(19-16)15-8-12(2)3-5-13(15)10-18/h3-9H,10,18H2,1-2H3. The molecule has 0 atom stereocenters. The molecule has 1 heterocycles. The molecular formula is C17H17NO. The number of aryl methyl sites for hydroxylation is 2. The summed E-state index contributed by atoms with van der Waals surface area (Å²) in [6.07, 6.45) is 0. The summed E-state index contributed by atoms with van der Waals surface area (Å²) in [5, 5.41) is 1.14. The zero-order valence-corrected chi connectivity index (χ0v) is 11.2. The second-order valence-electron chi connectivity index (χ2n) is 5.02. The Labute approximate surface area is 112 Å². The number of fused-ring (bicyclic) bond motifs is 1. The van der Waals surface area contributed by atoms with Gasteiger partial charge in [0.2, 0.25) is 0 Å². The van der Waals surface area contributed by atoms with E-state index in [1.165, 1.54) is 11.1 Å². The number of hydrogen-bond donors (Lipinski definition) is 1. The minimum absolute atomic E-state index is 0.520. The fourth-order valence-corrected chi connectivity index (χ4v) is 2.39. The zero-order valence-electron chi connectivity index (χ0n) is 11.2. The van der Waals surface area contributed by atoms with Crippen LogP contribution in [0.1, 0.15) is 16.7 Å². The van der Waals surface area contributed by atoms with Crippen molar-refractivity contribution in [3.63, 3.8) is 0 Å². The molecule has 0 aliphatic carbocycles. The van der Waals surface area contributed by atoms with Crippen LogP contribution >= 0.6 is 0 Å². The summed E-state index contributed by atoms with van der Waals surface area (Å²) in [4.78, 5) is 0. The maximum Gasteiger partial charge on any atom is 0.135 e. The Morgan fingerprint density at radius 3 is 2.47 bits per heavy atom. The molecule has 3 aromatic rings. The Kier molecular flexibility index (Phi) is 2.88. The van der Waals surface area contributed by atoms with Gasteiger partial charge in [0.05, 0.1) is 0 Å². The number of benzene rings is 2. The third-order valence-electron chi connectivity index (χ3n) is 3.42. The van der Waals surface area contributed by atoms with Crippen LogP contribution in [0.15, 0.2) is 46.9 Å². The van der Waals surface area contributed by atoms with Crippen molar-refractivity contribution in [1.82, 2.24) is 0 Å². The fraction of sp³-hybridized carbons (Fsp3) is 0.176. The zero-order chi connectivity index (χ0) is 13.4. The van der Waals surface area contributed by atoms with Gasteiger partial charge in [-0.1, -0.05) is 29.3 Å². The molecule has 0 bridgehead atoms. The molecule has 3 rings (SSSR count). The van der Waals surface area contributed by atoms with E-state index in [9.17, 15) is 0 Å². The van der Waals surface area contributed by atoms with Crippen LogP contribution in [0.4, 0.5) is 0 Å². The van der Waals surface area contributed by atoms with Gasteiger partial charge in [-0.15, -0.1) is 0 Å². The van der Waals surface area contributed by atoms with Gasteiger partial charge in [-0.25, -0.2) is 0 Å². The SMILES string of the molecule is Cc1ccc(CN)c(-c2cc3cc(C)ccc3o2)c1. The van der Waals surface area contributed by atoms with Gasteiger partial charge >= 0.3 is 0 Å². The van der Waals surface area contributed by atoms with Crippen molar-refractivity contribution in [3.05, 3.63) is 59.2 Å². The molecule has 0 unspecified atom stereocenters. The topological polar surface area (TPSA) is 39.2 Å². The smallest absolute Gasteiger partial charge is 0.135 e. The van der Waals surface area contributed by atoms with Gasteiger partial charge in [0.1, 0.15) is 11.3 Å². The molecular weight excluding hydrogens is 234 g/mol. The predicted molar refractivity (Wildman–Crippen MR) is 79.0 cm³/mol. The first-order valence-electron chi connectivity index (χ1n) is 6.47. The molecule has 0 aliphatic rings. The van der Waals surface area contributed by atoms with Crippen LogP contribution in [-0.4, -0.2) is 0 Å². The largest absolute Gasteiger partial charge is 0.456 e. The number of rotatable bonds is 2. The molecule has 2 N–H and O–H groups in total. The summed E-state index contributed by atoms with van der Waals surface area (Å²) in [5.41, 5.74) is 11.4. The molecule has 0 fully saturated rings. The number of hydrogen-bond acceptors (Lipinski definition) is 2. The Hall–Kier alpha value is -2.06. The molecule has 96 valence electrons. The molecule has 1 aromatic heterocycles. The van der Waals surface area contributed by atoms with Crippen molar-refractivity contribution in [3.8, 4) is 11.3 Å². The van der Waals surface area contributed by atoms with Gasteiger partial charge in [0.25, 0.3) is 0 Å². The molecule has 0 amide bonds. The van der Waals surface area contributed by atoms with Crippen LogP contribution in [0.5, 0.6) is 0 Å². The lowest BCUT2D eigenvalue weighted by Gasteiger charge is -2.05. The second-order valence-corrected chi connectivity index (χ2v) is 5.02. The summed E-state index contributed by atoms with van der Waals surface area (Å²) in [5.74, 6) is 0.893. The minimum atomic E-state index is 0.520. The quantitative estimate of drug-likeness (QED) is 0.742. The summed E-state index contributed by atoms with van der Waals surface area (Å²) < 4.78 is 5.95. The summed E-state index contributed by atoms with van der Waals surface area (Å²) in [6.45, 7) is 4.69. The monoisotopic (exact) mass is 251 g/mol. The molecule has 0 aliphatic heterocycles. The fourth-order valence-electron chi connectivity index (χ4n) is 2.39. The lowest BCUT2D eigenvalue weighted by molar-refractivity contribution is 0.630. The van der Waals surface area contributed by atoms with Crippen molar-refractivity contribution in [2.24, 2.45) is 5.73 Å². The van der Waals surface area contributed by atoms with Crippen molar-refractivity contribution in [1.29, 1.82) is 0 Å². The lowest BCUT2D eigenvalue weighted by Crippen LogP contribution is -1.98. The van der Waals surface area contributed by atoms with Crippen LogP contribution < -0.4 is 5.73 Å². The van der Waals surface area contributed by atoms with Crippen LogP contribution in [-0.2, 0) is 6.54 Å².